The fourth-order valence-corrected chi connectivity index (χ4v) is 2.82. The van der Waals surface area contributed by atoms with Crippen LogP contribution in [0.2, 0.25) is 0 Å². The quantitative estimate of drug-likeness (QED) is 0.631. The molecule has 0 atom stereocenters. The molecule has 0 aliphatic rings. The van der Waals surface area contributed by atoms with Crippen LogP contribution in [0.4, 0.5) is 0 Å². The molecule has 3 nitrogen and oxygen atoms in total. The van der Waals surface area contributed by atoms with Crippen LogP contribution in [0.25, 0.3) is 0 Å². The fourth-order valence-electron chi connectivity index (χ4n) is 2.10. The van der Waals surface area contributed by atoms with E-state index in [1.54, 1.807) is 11.3 Å². The first-order valence-electron chi connectivity index (χ1n) is 6.76. The summed E-state index contributed by atoms with van der Waals surface area (Å²) in [5, 5.41) is 9.64. The van der Waals surface area contributed by atoms with E-state index >= 15 is 0 Å². The van der Waals surface area contributed by atoms with Crippen LogP contribution in [0.3, 0.4) is 0 Å². The average molecular weight is 287 g/mol. The van der Waals surface area contributed by atoms with Crippen molar-refractivity contribution < 1.29 is 0 Å². The van der Waals surface area contributed by atoms with Crippen molar-refractivity contribution in [3.63, 3.8) is 0 Å². The third kappa shape index (κ3) is 3.92. The monoisotopic (exact) mass is 287 g/mol. The van der Waals surface area contributed by atoms with Crippen molar-refractivity contribution in [2.75, 3.05) is 0 Å². The second-order valence-electron chi connectivity index (χ2n) is 5.19. The standard InChI is InChI=1S/C16H21N3S/c1-12(2)19(11-15-7-4-8-20-15)10-13-5-3-6-14(9-13)16(17)18/h3-9,12H,10-11H2,1-2H3,(H3,17,18). The largest absolute Gasteiger partial charge is 0.384 e. The highest BCUT2D eigenvalue weighted by molar-refractivity contribution is 7.09. The normalized spacial score (nSPS) is 11.2. The molecule has 2 aromatic rings. The van der Waals surface area contributed by atoms with Gasteiger partial charge in [-0.2, -0.15) is 0 Å². The zero-order chi connectivity index (χ0) is 14.5. The number of nitrogens with two attached hydrogens (primary N) is 1. The predicted octanol–water partition coefficient (Wildman–Crippen LogP) is 3.44. The first-order valence-corrected chi connectivity index (χ1v) is 7.64. The number of rotatable bonds is 6. The first-order chi connectivity index (χ1) is 9.56. The Morgan fingerprint density at radius 1 is 1.25 bits per heavy atom. The molecule has 4 heteroatoms. The summed E-state index contributed by atoms with van der Waals surface area (Å²) in [5.74, 6) is 0.126. The Hall–Kier alpha value is -1.65. The molecule has 0 bridgehead atoms. The van der Waals surface area contributed by atoms with E-state index in [-0.39, 0.29) is 5.84 Å². The molecular formula is C16H21N3S. The molecule has 1 aromatic carbocycles. The summed E-state index contributed by atoms with van der Waals surface area (Å²) in [6.07, 6.45) is 0. The molecule has 3 N–H and O–H groups in total. The minimum atomic E-state index is 0.126. The van der Waals surface area contributed by atoms with E-state index < -0.39 is 0 Å². The van der Waals surface area contributed by atoms with Crippen molar-refractivity contribution in [1.82, 2.24) is 4.90 Å². The molecule has 0 unspecified atom stereocenters. The first kappa shape index (κ1) is 14.8. The maximum atomic E-state index is 7.52. The van der Waals surface area contributed by atoms with Gasteiger partial charge in [-0.3, -0.25) is 10.3 Å². The van der Waals surface area contributed by atoms with Gasteiger partial charge in [0.1, 0.15) is 5.84 Å². The summed E-state index contributed by atoms with van der Waals surface area (Å²) in [6.45, 7) is 6.25. The number of thiophene rings is 1. The van der Waals surface area contributed by atoms with Gasteiger partial charge in [0.15, 0.2) is 0 Å². The fraction of sp³-hybridized carbons (Fsp3) is 0.312. The molecule has 1 aromatic heterocycles. The third-order valence-corrected chi connectivity index (χ3v) is 4.15. The lowest BCUT2D eigenvalue weighted by Crippen LogP contribution is -2.29. The topological polar surface area (TPSA) is 53.1 Å². The number of nitrogens with zero attached hydrogens (tertiary/aromatic N) is 1. The zero-order valence-corrected chi connectivity index (χ0v) is 12.8. The molecule has 0 aliphatic heterocycles. The van der Waals surface area contributed by atoms with Crippen molar-refractivity contribution in [3.8, 4) is 0 Å². The van der Waals surface area contributed by atoms with Gasteiger partial charge in [0.05, 0.1) is 0 Å². The van der Waals surface area contributed by atoms with Gasteiger partial charge < -0.3 is 5.73 Å². The summed E-state index contributed by atoms with van der Waals surface area (Å²) in [5.41, 5.74) is 7.55. The maximum absolute atomic E-state index is 7.52. The van der Waals surface area contributed by atoms with Crippen LogP contribution in [0.5, 0.6) is 0 Å². The summed E-state index contributed by atoms with van der Waals surface area (Å²) in [7, 11) is 0. The minimum Gasteiger partial charge on any atom is -0.384 e. The van der Waals surface area contributed by atoms with E-state index in [4.69, 9.17) is 11.1 Å². The van der Waals surface area contributed by atoms with E-state index in [0.717, 1.165) is 18.7 Å². The zero-order valence-electron chi connectivity index (χ0n) is 12.0. The Bertz CT molecular complexity index is 561. The highest BCUT2D eigenvalue weighted by atomic mass is 32.1. The van der Waals surface area contributed by atoms with Gasteiger partial charge in [0, 0.05) is 29.6 Å². The Balaban J connectivity index is 2.11. The van der Waals surface area contributed by atoms with Crippen molar-refractivity contribution >= 4 is 17.2 Å². The van der Waals surface area contributed by atoms with E-state index in [1.807, 2.05) is 18.2 Å². The van der Waals surface area contributed by atoms with Gasteiger partial charge in [0.2, 0.25) is 0 Å². The molecule has 106 valence electrons. The minimum absolute atomic E-state index is 0.126. The average Bonchev–Trinajstić information content (AvgIpc) is 2.91. The second kappa shape index (κ2) is 6.68. The summed E-state index contributed by atoms with van der Waals surface area (Å²) in [4.78, 5) is 3.80. The molecule has 0 radical (unpaired) electrons. The van der Waals surface area contributed by atoms with Gasteiger partial charge in [-0.05, 0) is 36.9 Å². The van der Waals surface area contributed by atoms with Crippen LogP contribution in [0.1, 0.15) is 29.9 Å². The summed E-state index contributed by atoms with van der Waals surface area (Å²) >= 11 is 1.79. The van der Waals surface area contributed by atoms with Gasteiger partial charge >= 0.3 is 0 Å². The molecule has 0 saturated carbocycles. The Morgan fingerprint density at radius 2 is 2.05 bits per heavy atom. The maximum Gasteiger partial charge on any atom is 0.122 e. The van der Waals surface area contributed by atoms with Crippen molar-refractivity contribution in [2.24, 2.45) is 5.73 Å². The number of hydrogen-bond donors (Lipinski definition) is 2. The van der Waals surface area contributed by atoms with Crippen LogP contribution in [-0.2, 0) is 13.1 Å². The summed E-state index contributed by atoms with van der Waals surface area (Å²) < 4.78 is 0. The second-order valence-corrected chi connectivity index (χ2v) is 6.22. The molecular weight excluding hydrogens is 266 g/mol. The van der Waals surface area contributed by atoms with Gasteiger partial charge in [-0.25, -0.2) is 0 Å². The highest BCUT2D eigenvalue weighted by Gasteiger charge is 2.12. The van der Waals surface area contributed by atoms with Crippen molar-refractivity contribution in [2.45, 2.75) is 33.0 Å². The lowest BCUT2D eigenvalue weighted by Gasteiger charge is -2.26. The van der Waals surface area contributed by atoms with Gasteiger partial charge in [-0.1, -0.05) is 24.3 Å². The number of nitrogens with one attached hydrogen (secondary N) is 1. The Kier molecular flexibility index (Phi) is 4.93. The smallest absolute Gasteiger partial charge is 0.122 e. The van der Waals surface area contributed by atoms with Crippen LogP contribution in [-0.4, -0.2) is 16.8 Å². The van der Waals surface area contributed by atoms with E-state index in [1.165, 1.54) is 10.4 Å². The molecule has 0 saturated heterocycles. The highest BCUT2D eigenvalue weighted by Crippen LogP contribution is 2.17. The number of hydrogen-bond acceptors (Lipinski definition) is 3. The molecule has 2 rings (SSSR count). The van der Waals surface area contributed by atoms with Crippen LogP contribution in [0, 0.1) is 5.41 Å². The van der Waals surface area contributed by atoms with Crippen LogP contribution < -0.4 is 5.73 Å². The van der Waals surface area contributed by atoms with Crippen LogP contribution in [0.15, 0.2) is 41.8 Å². The number of benzene rings is 1. The lowest BCUT2D eigenvalue weighted by atomic mass is 10.1. The Morgan fingerprint density at radius 3 is 2.65 bits per heavy atom. The molecule has 1 heterocycles. The Labute approximate surface area is 124 Å². The third-order valence-electron chi connectivity index (χ3n) is 3.29. The van der Waals surface area contributed by atoms with Crippen molar-refractivity contribution in [1.29, 1.82) is 5.41 Å². The predicted molar refractivity (Wildman–Crippen MR) is 86.2 cm³/mol. The summed E-state index contributed by atoms with van der Waals surface area (Å²) in [6, 6.07) is 12.7. The van der Waals surface area contributed by atoms with Crippen molar-refractivity contribution in [3.05, 3.63) is 57.8 Å². The number of nitrogen functional groups attached to an aromatic ring is 1. The van der Waals surface area contributed by atoms with E-state index in [0.29, 0.717) is 6.04 Å². The van der Waals surface area contributed by atoms with E-state index in [2.05, 4.69) is 42.3 Å². The molecule has 0 amide bonds. The number of amidine groups is 1. The van der Waals surface area contributed by atoms with Gasteiger partial charge in [0.25, 0.3) is 0 Å². The molecule has 0 aliphatic carbocycles. The molecule has 0 spiro atoms. The SMILES string of the molecule is CC(C)N(Cc1cccc(C(=N)N)c1)Cc1cccs1. The van der Waals surface area contributed by atoms with Gasteiger partial charge in [-0.15, -0.1) is 11.3 Å². The van der Waals surface area contributed by atoms with Crippen LogP contribution >= 0.6 is 11.3 Å². The molecule has 0 fully saturated rings. The molecule has 20 heavy (non-hydrogen) atoms. The van der Waals surface area contributed by atoms with E-state index in [9.17, 15) is 0 Å². The lowest BCUT2D eigenvalue weighted by molar-refractivity contribution is 0.205.